The van der Waals surface area contributed by atoms with Gasteiger partial charge in [0.2, 0.25) is 0 Å². The average molecular weight is 220 g/mol. The fraction of sp³-hybridized carbons (Fsp3) is 0.615. The molecule has 0 N–H and O–H groups in total. The fourth-order valence-electron chi connectivity index (χ4n) is 2.23. The summed E-state index contributed by atoms with van der Waals surface area (Å²) in [5.74, 6) is 0.150. The second-order valence-electron chi connectivity index (χ2n) is 4.60. The minimum atomic E-state index is 0.150. The lowest BCUT2D eigenvalue weighted by Gasteiger charge is -2.26. The third-order valence-corrected chi connectivity index (χ3v) is 3.28. The molecule has 1 aliphatic heterocycles. The Balaban J connectivity index is 1.81. The number of piperidine rings is 1. The van der Waals surface area contributed by atoms with Gasteiger partial charge in [-0.15, -0.1) is 0 Å². The molecule has 3 heteroatoms. The van der Waals surface area contributed by atoms with Gasteiger partial charge in [0.05, 0.1) is 0 Å². The van der Waals surface area contributed by atoms with Crippen molar-refractivity contribution in [1.82, 2.24) is 9.47 Å². The molecule has 1 aromatic rings. The quantitative estimate of drug-likeness (QED) is 0.727. The predicted molar refractivity (Wildman–Crippen MR) is 64.7 cm³/mol. The lowest BCUT2D eigenvalue weighted by atomic mass is 10.1. The lowest BCUT2D eigenvalue weighted by Crippen LogP contribution is -2.32. The van der Waals surface area contributed by atoms with Crippen LogP contribution in [0.15, 0.2) is 18.5 Å². The van der Waals surface area contributed by atoms with E-state index in [2.05, 4.69) is 9.47 Å². The summed E-state index contributed by atoms with van der Waals surface area (Å²) in [5.41, 5.74) is 0.818. The van der Waals surface area contributed by atoms with E-state index in [4.69, 9.17) is 0 Å². The Hall–Kier alpha value is -1.09. The third-order valence-electron chi connectivity index (χ3n) is 3.28. The van der Waals surface area contributed by atoms with Crippen molar-refractivity contribution in [3.8, 4) is 0 Å². The molecule has 88 valence electrons. The number of aromatic nitrogens is 1. The molecule has 0 spiro atoms. The van der Waals surface area contributed by atoms with E-state index < -0.39 is 0 Å². The second kappa shape index (κ2) is 5.30. The Kier molecular flexibility index (Phi) is 3.78. The Morgan fingerprint density at radius 2 is 2.00 bits per heavy atom. The van der Waals surface area contributed by atoms with Crippen molar-refractivity contribution >= 4 is 5.78 Å². The maximum absolute atomic E-state index is 11.1. The molecule has 2 rings (SSSR count). The predicted octanol–water partition coefficient (Wildman–Crippen LogP) is 2.18. The first-order chi connectivity index (χ1) is 7.75. The monoisotopic (exact) mass is 220 g/mol. The maximum Gasteiger partial charge on any atom is 0.161 e. The van der Waals surface area contributed by atoms with Crippen LogP contribution in [0.3, 0.4) is 0 Å². The number of Topliss-reactive ketones (excluding diaryl/α,β-unsaturated/α-hetero) is 1. The van der Waals surface area contributed by atoms with E-state index in [0.717, 1.165) is 18.7 Å². The minimum Gasteiger partial charge on any atom is -0.352 e. The molecule has 1 fully saturated rings. The first-order valence-electron chi connectivity index (χ1n) is 6.15. The van der Waals surface area contributed by atoms with Gasteiger partial charge in [-0.3, -0.25) is 4.79 Å². The first-order valence-corrected chi connectivity index (χ1v) is 6.15. The van der Waals surface area contributed by atoms with Gasteiger partial charge in [0.1, 0.15) is 0 Å². The van der Waals surface area contributed by atoms with Gasteiger partial charge in [-0.25, -0.2) is 0 Å². The van der Waals surface area contributed by atoms with E-state index in [9.17, 15) is 4.79 Å². The molecule has 2 heterocycles. The van der Waals surface area contributed by atoms with Crippen molar-refractivity contribution in [3.63, 3.8) is 0 Å². The number of hydrogen-bond donors (Lipinski definition) is 0. The highest BCUT2D eigenvalue weighted by atomic mass is 16.1. The standard InChI is InChI=1S/C13H20N2O/c1-12(16)13-5-8-15(11-13)10-9-14-6-3-2-4-7-14/h5,8,11H,2-4,6-7,9-10H2,1H3. The zero-order valence-corrected chi connectivity index (χ0v) is 9.98. The van der Waals surface area contributed by atoms with Crippen molar-refractivity contribution in [1.29, 1.82) is 0 Å². The molecular formula is C13H20N2O. The Labute approximate surface area is 97.1 Å². The Morgan fingerprint density at radius 1 is 1.25 bits per heavy atom. The largest absolute Gasteiger partial charge is 0.352 e. The molecule has 0 aliphatic carbocycles. The Morgan fingerprint density at radius 3 is 2.62 bits per heavy atom. The second-order valence-corrected chi connectivity index (χ2v) is 4.60. The topological polar surface area (TPSA) is 25.2 Å². The third kappa shape index (κ3) is 2.95. The normalized spacial score (nSPS) is 17.6. The van der Waals surface area contributed by atoms with Crippen molar-refractivity contribution in [2.45, 2.75) is 32.7 Å². The molecule has 3 nitrogen and oxygen atoms in total. The van der Waals surface area contributed by atoms with E-state index in [1.54, 1.807) is 6.92 Å². The molecular weight excluding hydrogens is 200 g/mol. The molecule has 0 aromatic carbocycles. The summed E-state index contributed by atoms with van der Waals surface area (Å²) < 4.78 is 2.12. The highest BCUT2D eigenvalue weighted by Gasteiger charge is 2.09. The first kappa shape index (κ1) is 11.4. The molecule has 1 aromatic heterocycles. The SMILES string of the molecule is CC(=O)c1ccn(CCN2CCCCC2)c1. The number of carbonyl (C=O) groups is 1. The van der Waals surface area contributed by atoms with Crippen molar-refractivity contribution in [2.75, 3.05) is 19.6 Å². The van der Waals surface area contributed by atoms with Gasteiger partial charge in [-0.2, -0.15) is 0 Å². The molecule has 1 aliphatic rings. The molecule has 0 atom stereocenters. The summed E-state index contributed by atoms with van der Waals surface area (Å²) in [6.45, 7) is 6.19. The van der Waals surface area contributed by atoms with Gasteiger partial charge in [-0.05, 0) is 38.9 Å². The van der Waals surface area contributed by atoms with Crippen LogP contribution in [0.5, 0.6) is 0 Å². The van der Waals surface area contributed by atoms with Gasteiger partial charge in [0, 0.05) is 31.0 Å². The van der Waals surface area contributed by atoms with Gasteiger partial charge in [0.25, 0.3) is 0 Å². The van der Waals surface area contributed by atoms with Gasteiger partial charge in [-0.1, -0.05) is 6.42 Å². The highest BCUT2D eigenvalue weighted by Crippen LogP contribution is 2.09. The molecule has 0 amide bonds. The summed E-state index contributed by atoms with van der Waals surface area (Å²) in [4.78, 5) is 13.7. The Bertz CT molecular complexity index is 351. The van der Waals surface area contributed by atoms with Crippen LogP contribution >= 0.6 is 0 Å². The van der Waals surface area contributed by atoms with Crippen molar-refractivity contribution in [3.05, 3.63) is 24.0 Å². The number of ketones is 1. The molecule has 1 saturated heterocycles. The van der Waals surface area contributed by atoms with Crippen LogP contribution < -0.4 is 0 Å². The zero-order valence-electron chi connectivity index (χ0n) is 9.98. The van der Waals surface area contributed by atoms with E-state index in [-0.39, 0.29) is 5.78 Å². The van der Waals surface area contributed by atoms with Gasteiger partial charge in [0.15, 0.2) is 5.78 Å². The van der Waals surface area contributed by atoms with E-state index in [1.807, 2.05) is 18.5 Å². The molecule has 0 saturated carbocycles. The van der Waals surface area contributed by atoms with Crippen molar-refractivity contribution in [2.24, 2.45) is 0 Å². The molecule has 0 bridgehead atoms. The van der Waals surface area contributed by atoms with Crippen LogP contribution in [-0.2, 0) is 6.54 Å². The summed E-state index contributed by atoms with van der Waals surface area (Å²) in [5, 5.41) is 0. The van der Waals surface area contributed by atoms with Crippen molar-refractivity contribution < 1.29 is 4.79 Å². The van der Waals surface area contributed by atoms with Crippen LogP contribution in [0, 0.1) is 0 Å². The highest BCUT2D eigenvalue weighted by molar-refractivity contribution is 5.93. The van der Waals surface area contributed by atoms with Crippen LogP contribution in [0.25, 0.3) is 0 Å². The maximum atomic E-state index is 11.1. The summed E-state index contributed by atoms with van der Waals surface area (Å²) >= 11 is 0. The molecule has 0 radical (unpaired) electrons. The number of nitrogens with zero attached hydrogens (tertiary/aromatic N) is 2. The smallest absolute Gasteiger partial charge is 0.161 e. The number of likely N-dealkylation sites (tertiary alicyclic amines) is 1. The summed E-state index contributed by atoms with van der Waals surface area (Å²) in [7, 11) is 0. The van der Waals surface area contributed by atoms with Crippen LogP contribution in [0.1, 0.15) is 36.5 Å². The average Bonchev–Trinajstić information content (AvgIpc) is 2.76. The number of hydrogen-bond acceptors (Lipinski definition) is 2. The van der Waals surface area contributed by atoms with Gasteiger partial charge < -0.3 is 9.47 Å². The number of rotatable bonds is 4. The summed E-state index contributed by atoms with van der Waals surface area (Å²) in [6.07, 6.45) is 8.01. The van der Waals surface area contributed by atoms with Crippen LogP contribution in [-0.4, -0.2) is 34.9 Å². The summed E-state index contributed by atoms with van der Waals surface area (Å²) in [6, 6.07) is 1.90. The fourth-order valence-corrected chi connectivity index (χ4v) is 2.23. The van der Waals surface area contributed by atoms with E-state index >= 15 is 0 Å². The lowest BCUT2D eigenvalue weighted by molar-refractivity contribution is 0.101. The van der Waals surface area contributed by atoms with E-state index in [0.29, 0.717) is 0 Å². The van der Waals surface area contributed by atoms with Gasteiger partial charge >= 0.3 is 0 Å². The molecule has 16 heavy (non-hydrogen) atoms. The van der Waals surface area contributed by atoms with Crippen LogP contribution in [0.2, 0.25) is 0 Å². The molecule has 0 unspecified atom stereocenters. The minimum absolute atomic E-state index is 0.150. The van der Waals surface area contributed by atoms with E-state index in [1.165, 1.54) is 32.4 Å². The zero-order chi connectivity index (χ0) is 11.4. The number of carbonyl (C=O) groups excluding carboxylic acids is 1. The van der Waals surface area contributed by atoms with Crippen LogP contribution in [0.4, 0.5) is 0 Å².